The van der Waals surface area contributed by atoms with Crippen molar-refractivity contribution in [3.63, 3.8) is 0 Å². The Labute approximate surface area is 193 Å². The van der Waals surface area contributed by atoms with Crippen molar-refractivity contribution in [2.45, 2.75) is 89.4 Å². The normalized spacial score (nSPS) is 18.4. The van der Waals surface area contributed by atoms with Crippen LogP contribution in [0.3, 0.4) is 0 Å². The van der Waals surface area contributed by atoms with Crippen molar-refractivity contribution < 1.29 is 9.59 Å². The Kier molecular flexibility index (Phi) is 7.40. The Bertz CT molecular complexity index is 919. The maximum absolute atomic E-state index is 13.4. The Morgan fingerprint density at radius 2 is 1.75 bits per heavy atom. The lowest BCUT2D eigenvalue weighted by molar-refractivity contribution is -0.144. The lowest BCUT2D eigenvalue weighted by atomic mass is 9.93. The molecule has 32 heavy (non-hydrogen) atoms. The van der Waals surface area contributed by atoms with E-state index in [4.69, 9.17) is 11.6 Å². The zero-order chi connectivity index (χ0) is 22.5. The van der Waals surface area contributed by atoms with Gasteiger partial charge in [-0.3, -0.25) is 9.59 Å². The topological polar surface area (TPSA) is 93.0 Å². The number of hydrogen-bond acceptors (Lipinski definition) is 5. The number of nitrogens with one attached hydrogen (secondary N) is 1. The number of amides is 2. The maximum Gasteiger partial charge on any atom is 0.247 e. The zero-order valence-electron chi connectivity index (χ0n) is 18.5. The van der Waals surface area contributed by atoms with Crippen LogP contribution in [0, 0.1) is 0 Å². The van der Waals surface area contributed by atoms with Gasteiger partial charge in [-0.15, -0.1) is 10.2 Å². The SMILES string of the molecule is CC(C(=O)NC1CCCC1)N(C(=O)Cn1nnc(-c2ccc(Cl)cc2)n1)C1CCCCC1. The highest BCUT2D eigenvalue weighted by Gasteiger charge is 2.34. The van der Waals surface area contributed by atoms with Gasteiger partial charge in [0.1, 0.15) is 12.6 Å². The molecule has 1 N–H and O–H groups in total. The monoisotopic (exact) mass is 458 g/mol. The Morgan fingerprint density at radius 3 is 2.44 bits per heavy atom. The summed E-state index contributed by atoms with van der Waals surface area (Å²) >= 11 is 5.95. The van der Waals surface area contributed by atoms with E-state index in [2.05, 4.69) is 20.7 Å². The summed E-state index contributed by atoms with van der Waals surface area (Å²) in [6, 6.07) is 6.93. The molecule has 2 aliphatic carbocycles. The Hall–Kier alpha value is -2.48. The van der Waals surface area contributed by atoms with E-state index in [0.717, 1.165) is 56.9 Å². The summed E-state index contributed by atoms with van der Waals surface area (Å²) in [5.41, 5.74) is 0.779. The second kappa shape index (κ2) is 10.4. The third-order valence-electron chi connectivity index (χ3n) is 6.59. The molecule has 0 radical (unpaired) electrons. The fraction of sp³-hybridized carbons (Fsp3) is 0.609. The van der Waals surface area contributed by atoms with Gasteiger partial charge in [0.2, 0.25) is 17.6 Å². The quantitative estimate of drug-likeness (QED) is 0.684. The van der Waals surface area contributed by atoms with E-state index < -0.39 is 6.04 Å². The van der Waals surface area contributed by atoms with Crippen molar-refractivity contribution in [3.05, 3.63) is 29.3 Å². The van der Waals surface area contributed by atoms with Gasteiger partial charge < -0.3 is 10.2 Å². The molecule has 0 aliphatic heterocycles. The van der Waals surface area contributed by atoms with Gasteiger partial charge in [-0.05, 0) is 62.1 Å². The summed E-state index contributed by atoms with van der Waals surface area (Å²) in [6.45, 7) is 1.79. The summed E-state index contributed by atoms with van der Waals surface area (Å²) in [6.07, 6.45) is 9.52. The first-order valence-electron chi connectivity index (χ1n) is 11.7. The van der Waals surface area contributed by atoms with E-state index in [1.165, 1.54) is 11.2 Å². The van der Waals surface area contributed by atoms with Crippen LogP contribution in [-0.2, 0) is 16.1 Å². The minimum atomic E-state index is -0.523. The van der Waals surface area contributed by atoms with E-state index in [9.17, 15) is 9.59 Å². The Balaban J connectivity index is 1.47. The smallest absolute Gasteiger partial charge is 0.247 e. The minimum absolute atomic E-state index is 0.0435. The fourth-order valence-corrected chi connectivity index (χ4v) is 4.97. The highest BCUT2D eigenvalue weighted by molar-refractivity contribution is 6.30. The summed E-state index contributed by atoms with van der Waals surface area (Å²) in [7, 11) is 0. The summed E-state index contributed by atoms with van der Waals surface area (Å²) in [5, 5.41) is 16.3. The molecule has 1 aromatic heterocycles. The fourth-order valence-electron chi connectivity index (χ4n) is 4.84. The third kappa shape index (κ3) is 5.46. The lowest BCUT2D eigenvalue weighted by Gasteiger charge is -2.38. The summed E-state index contributed by atoms with van der Waals surface area (Å²) in [4.78, 5) is 29.5. The minimum Gasteiger partial charge on any atom is -0.352 e. The second-order valence-corrected chi connectivity index (χ2v) is 9.35. The Morgan fingerprint density at radius 1 is 1.09 bits per heavy atom. The van der Waals surface area contributed by atoms with Gasteiger partial charge in [0.15, 0.2) is 0 Å². The van der Waals surface area contributed by atoms with Crippen LogP contribution in [-0.4, -0.2) is 55.0 Å². The molecule has 1 aromatic carbocycles. The first-order chi connectivity index (χ1) is 15.5. The van der Waals surface area contributed by atoms with Crippen molar-refractivity contribution >= 4 is 23.4 Å². The van der Waals surface area contributed by atoms with Crippen LogP contribution in [0.4, 0.5) is 0 Å². The van der Waals surface area contributed by atoms with E-state index in [-0.39, 0.29) is 30.4 Å². The van der Waals surface area contributed by atoms with Gasteiger partial charge in [-0.25, -0.2) is 0 Å². The molecule has 8 nitrogen and oxygen atoms in total. The van der Waals surface area contributed by atoms with Crippen LogP contribution in [0.1, 0.15) is 64.7 Å². The molecule has 2 aliphatic rings. The number of tetrazole rings is 1. The van der Waals surface area contributed by atoms with Crippen LogP contribution in [0.2, 0.25) is 5.02 Å². The molecule has 1 unspecified atom stereocenters. The van der Waals surface area contributed by atoms with E-state index in [0.29, 0.717) is 10.8 Å². The van der Waals surface area contributed by atoms with Crippen molar-refractivity contribution in [2.75, 3.05) is 0 Å². The second-order valence-electron chi connectivity index (χ2n) is 8.91. The van der Waals surface area contributed by atoms with Crippen molar-refractivity contribution in [3.8, 4) is 11.4 Å². The number of benzene rings is 1. The number of carbonyl (C=O) groups is 2. The highest BCUT2D eigenvalue weighted by atomic mass is 35.5. The first kappa shape index (κ1) is 22.7. The zero-order valence-corrected chi connectivity index (χ0v) is 19.3. The molecule has 1 atom stereocenters. The molecule has 2 saturated carbocycles. The van der Waals surface area contributed by atoms with Crippen LogP contribution in [0.5, 0.6) is 0 Å². The summed E-state index contributed by atoms with van der Waals surface area (Å²) < 4.78 is 0. The van der Waals surface area contributed by atoms with Crippen LogP contribution in [0.15, 0.2) is 24.3 Å². The molecule has 0 spiro atoms. The third-order valence-corrected chi connectivity index (χ3v) is 6.84. The standard InChI is InChI=1S/C23H31ClN6O2/c1-16(23(32)25-19-7-5-6-8-19)30(20-9-3-2-4-10-20)21(31)15-29-27-22(26-28-29)17-11-13-18(24)14-12-17/h11-14,16,19-20H,2-10,15H2,1H3,(H,25,32). The average molecular weight is 459 g/mol. The van der Waals surface area contributed by atoms with Gasteiger partial charge >= 0.3 is 0 Å². The number of halogens is 1. The van der Waals surface area contributed by atoms with Crippen molar-refractivity contribution in [1.29, 1.82) is 0 Å². The molecular weight excluding hydrogens is 428 g/mol. The van der Waals surface area contributed by atoms with Crippen molar-refractivity contribution in [2.24, 2.45) is 0 Å². The number of aromatic nitrogens is 4. The van der Waals surface area contributed by atoms with Gasteiger partial charge in [-0.2, -0.15) is 4.80 Å². The molecule has 172 valence electrons. The molecule has 0 bridgehead atoms. The molecule has 4 rings (SSSR count). The molecule has 1 heterocycles. The molecule has 2 fully saturated rings. The van der Waals surface area contributed by atoms with E-state index >= 15 is 0 Å². The highest BCUT2D eigenvalue weighted by Crippen LogP contribution is 2.25. The van der Waals surface area contributed by atoms with Crippen LogP contribution < -0.4 is 5.32 Å². The predicted octanol–water partition coefficient (Wildman–Crippen LogP) is 3.60. The molecule has 0 saturated heterocycles. The lowest BCUT2D eigenvalue weighted by Crippen LogP contribution is -2.55. The predicted molar refractivity (Wildman–Crippen MR) is 122 cm³/mol. The number of carbonyl (C=O) groups excluding carboxylic acids is 2. The van der Waals surface area contributed by atoms with E-state index in [1.54, 1.807) is 17.0 Å². The van der Waals surface area contributed by atoms with Crippen LogP contribution in [0.25, 0.3) is 11.4 Å². The molecule has 2 amide bonds. The number of hydrogen-bond donors (Lipinski definition) is 1. The largest absolute Gasteiger partial charge is 0.352 e. The summed E-state index contributed by atoms with van der Waals surface area (Å²) in [5.74, 6) is 0.223. The van der Waals surface area contributed by atoms with Crippen LogP contribution >= 0.6 is 11.6 Å². The number of rotatable bonds is 7. The molecular formula is C23H31ClN6O2. The van der Waals surface area contributed by atoms with Crippen molar-refractivity contribution in [1.82, 2.24) is 30.4 Å². The molecule has 9 heteroatoms. The van der Waals surface area contributed by atoms with Gasteiger partial charge in [-0.1, -0.05) is 43.7 Å². The van der Waals surface area contributed by atoms with Gasteiger partial charge in [0.05, 0.1) is 0 Å². The van der Waals surface area contributed by atoms with Gasteiger partial charge in [0, 0.05) is 22.7 Å². The maximum atomic E-state index is 13.4. The van der Waals surface area contributed by atoms with E-state index in [1.807, 2.05) is 19.1 Å². The first-order valence-corrected chi connectivity index (χ1v) is 12.0. The number of nitrogens with zero attached hydrogens (tertiary/aromatic N) is 5. The van der Waals surface area contributed by atoms with Gasteiger partial charge in [0.25, 0.3) is 0 Å². The average Bonchev–Trinajstić information content (AvgIpc) is 3.47. The molecule has 2 aromatic rings.